The van der Waals surface area contributed by atoms with Gasteiger partial charge in [0.05, 0.1) is 0 Å². The first-order chi connectivity index (χ1) is 12.2. The predicted molar refractivity (Wildman–Crippen MR) is 101 cm³/mol. The van der Waals surface area contributed by atoms with Crippen molar-refractivity contribution < 1.29 is 4.79 Å². The van der Waals surface area contributed by atoms with Crippen molar-refractivity contribution in [2.75, 3.05) is 49.1 Å². The first kappa shape index (κ1) is 18.0. The number of piperazine rings is 1. The van der Waals surface area contributed by atoms with Crippen molar-refractivity contribution in [3.63, 3.8) is 0 Å². The van der Waals surface area contributed by atoms with Crippen LogP contribution < -0.4 is 9.80 Å². The summed E-state index contributed by atoms with van der Waals surface area (Å²) in [6, 6.07) is 2.11. The van der Waals surface area contributed by atoms with E-state index in [0.29, 0.717) is 5.91 Å². The maximum absolute atomic E-state index is 12.5. The first-order valence-corrected chi connectivity index (χ1v) is 9.83. The zero-order valence-electron chi connectivity index (χ0n) is 15.7. The Balaban J connectivity index is 1.60. The smallest absolute Gasteiger partial charge is 0.225 e. The molecule has 0 aliphatic carbocycles. The summed E-state index contributed by atoms with van der Waals surface area (Å²) in [5.74, 6) is 2.53. The quantitative estimate of drug-likeness (QED) is 0.821. The van der Waals surface area contributed by atoms with Crippen LogP contribution in [-0.2, 0) is 4.79 Å². The Kier molecular flexibility index (Phi) is 6.10. The van der Waals surface area contributed by atoms with Crippen LogP contribution in [0.3, 0.4) is 0 Å². The molecule has 1 aromatic heterocycles. The number of rotatable bonds is 5. The highest BCUT2D eigenvalue weighted by Gasteiger charge is 2.26. The number of hydrogen-bond acceptors (Lipinski definition) is 5. The summed E-state index contributed by atoms with van der Waals surface area (Å²) in [5.41, 5.74) is 0. The van der Waals surface area contributed by atoms with Gasteiger partial charge in [-0.15, -0.1) is 0 Å². The number of nitrogens with zero attached hydrogens (tertiary/aromatic N) is 5. The lowest BCUT2D eigenvalue weighted by atomic mass is 10.0. The second kappa shape index (κ2) is 8.50. The largest absolute Gasteiger partial charge is 0.356 e. The van der Waals surface area contributed by atoms with Crippen LogP contribution in [0.25, 0.3) is 0 Å². The molecule has 0 spiro atoms. The number of anilines is 2. The highest BCUT2D eigenvalue weighted by Crippen LogP contribution is 2.22. The lowest BCUT2D eigenvalue weighted by Gasteiger charge is -2.37. The van der Waals surface area contributed by atoms with Gasteiger partial charge in [0.1, 0.15) is 18.0 Å². The Labute approximate surface area is 151 Å². The molecule has 25 heavy (non-hydrogen) atoms. The molecule has 6 heteroatoms. The predicted octanol–water partition coefficient (Wildman–Crippen LogP) is 2.55. The minimum Gasteiger partial charge on any atom is -0.356 e. The number of hydrogen-bond donors (Lipinski definition) is 0. The molecule has 138 valence electrons. The van der Waals surface area contributed by atoms with Gasteiger partial charge in [-0.3, -0.25) is 4.79 Å². The maximum Gasteiger partial charge on any atom is 0.225 e. The van der Waals surface area contributed by atoms with Gasteiger partial charge in [-0.1, -0.05) is 13.8 Å². The van der Waals surface area contributed by atoms with Crippen molar-refractivity contribution in [1.29, 1.82) is 0 Å². The molecular formula is C19H31N5O. The Hall–Kier alpha value is -1.85. The minimum atomic E-state index is 0.177. The highest BCUT2D eigenvalue weighted by atomic mass is 16.2. The van der Waals surface area contributed by atoms with Gasteiger partial charge in [-0.2, -0.15) is 0 Å². The van der Waals surface area contributed by atoms with Crippen LogP contribution >= 0.6 is 0 Å². The Bertz CT molecular complexity index is 561. The van der Waals surface area contributed by atoms with E-state index in [-0.39, 0.29) is 5.92 Å². The Morgan fingerprint density at radius 3 is 2.04 bits per heavy atom. The number of amides is 1. The fraction of sp³-hybridized carbons (Fsp3) is 0.737. The molecule has 0 bridgehead atoms. The van der Waals surface area contributed by atoms with E-state index in [1.807, 2.05) is 4.90 Å². The molecule has 0 unspecified atom stereocenters. The Morgan fingerprint density at radius 2 is 1.48 bits per heavy atom. The molecule has 0 atom stereocenters. The van der Waals surface area contributed by atoms with E-state index >= 15 is 0 Å². The van der Waals surface area contributed by atoms with Crippen LogP contribution in [0.2, 0.25) is 0 Å². The summed E-state index contributed by atoms with van der Waals surface area (Å²) in [6.45, 7) is 9.67. The second-order valence-electron chi connectivity index (χ2n) is 7.11. The first-order valence-electron chi connectivity index (χ1n) is 9.83. The van der Waals surface area contributed by atoms with Gasteiger partial charge < -0.3 is 14.7 Å². The van der Waals surface area contributed by atoms with E-state index in [1.165, 1.54) is 19.3 Å². The monoisotopic (exact) mass is 345 g/mol. The molecule has 0 aromatic carbocycles. The van der Waals surface area contributed by atoms with Crippen molar-refractivity contribution in [3.8, 4) is 0 Å². The van der Waals surface area contributed by atoms with E-state index in [0.717, 1.165) is 63.7 Å². The molecule has 3 rings (SSSR count). The third-order valence-corrected chi connectivity index (χ3v) is 5.57. The van der Waals surface area contributed by atoms with E-state index in [4.69, 9.17) is 0 Å². The lowest BCUT2D eigenvalue weighted by molar-refractivity contribution is -0.136. The van der Waals surface area contributed by atoms with Gasteiger partial charge in [0.2, 0.25) is 5.91 Å². The molecular weight excluding hydrogens is 314 g/mol. The van der Waals surface area contributed by atoms with E-state index in [1.54, 1.807) is 6.33 Å². The van der Waals surface area contributed by atoms with Gasteiger partial charge in [-0.05, 0) is 32.1 Å². The molecule has 3 heterocycles. The summed E-state index contributed by atoms with van der Waals surface area (Å²) in [5, 5.41) is 0. The van der Waals surface area contributed by atoms with Crippen molar-refractivity contribution in [2.45, 2.75) is 46.0 Å². The van der Waals surface area contributed by atoms with Crippen molar-refractivity contribution in [2.24, 2.45) is 5.92 Å². The summed E-state index contributed by atoms with van der Waals surface area (Å²) < 4.78 is 0. The zero-order valence-corrected chi connectivity index (χ0v) is 15.7. The average Bonchev–Trinajstić information content (AvgIpc) is 2.70. The number of carbonyl (C=O) groups excluding carboxylic acids is 1. The second-order valence-corrected chi connectivity index (χ2v) is 7.11. The molecule has 6 nitrogen and oxygen atoms in total. The number of carbonyl (C=O) groups is 1. The highest BCUT2D eigenvalue weighted by molar-refractivity contribution is 5.79. The third-order valence-electron chi connectivity index (χ3n) is 5.57. The van der Waals surface area contributed by atoms with E-state index in [9.17, 15) is 4.79 Å². The topological polar surface area (TPSA) is 52.6 Å². The molecule has 0 radical (unpaired) electrons. The van der Waals surface area contributed by atoms with E-state index < -0.39 is 0 Å². The van der Waals surface area contributed by atoms with Crippen molar-refractivity contribution in [1.82, 2.24) is 14.9 Å². The Morgan fingerprint density at radius 1 is 0.920 bits per heavy atom. The van der Waals surface area contributed by atoms with Gasteiger partial charge >= 0.3 is 0 Å². The molecule has 2 aliphatic heterocycles. The van der Waals surface area contributed by atoms with Gasteiger partial charge in [-0.25, -0.2) is 9.97 Å². The van der Waals surface area contributed by atoms with Crippen LogP contribution in [0.5, 0.6) is 0 Å². The van der Waals surface area contributed by atoms with Gasteiger partial charge in [0.25, 0.3) is 0 Å². The van der Waals surface area contributed by atoms with Crippen LogP contribution in [0.15, 0.2) is 12.4 Å². The standard InChI is InChI=1S/C19H31N5O/c1-3-16(4-2)19(25)24-12-10-23(11-13-24)18-14-17(20-15-21-18)22-8-6-5-7-9-22/h14-16H,3-13H2,1-2H3. The van der Waals surface area contributed by atoms with E-state index in [2.05, 4.69) is 39.7 Å². The fourth-order valence-electron chi connectivity index (χ4n) is 3.86. The average molecular weight is 345 g/mol. The van der Waals surface area contributed by atoms with Crippen LogP contribution in [-0.4, -0.2) is 60.0 Å². The van der Waals surface area contributed by atoms with Crippen LogP contribution in [0.1, 0.15) is 46.0 Å². The van der Waals surface area contributed by atoms with Crippen LogP contribution in [0, 0.1) is 5.92 Å². The fourth-order valence-corrected chi connectivity index (χ4v) is 3.86. The number of piperidine rings is 1. The summed E-state index contributed by atoms with van der Waals surface area (Å²) in [4.78, 5) is 28.2. The maximum atomic E-state index is 12.5. The van der Waals surface area contributed by atoms with Crippen LogP contribution in [0.4, 0.5) is 11.6 Å². The summed E-state index contributed by atoms with van der Waals surface area (Å²) >= 11 is 0. The minimum absolute atomic E-state index is 0.177. The number of aromatic nitrogens is 2. The van der Waals surface area contributed by atoms with Gasteiger partial charge in [0, 0.05) is 51.3 Å². The van der Waals surface area contributed by atoms with Crippen molar-refractivity contribution >= 4 is 17.5 Å². The van der Waals surface area contributed by atoms with Crippen molar-refractivity contribution in [3.05, 3.63) is 12.4 Å². The van der Waals surface area contributed by atoms with Gasteiger partial charge in [0.15, 0.2) is 0 Å². The molecule has 2 aliphatic rings. The zero-order chi connectivity index (χ0) is 17.6. The SMILES string of the molecule is CCC(CC)C(=O)N1CCN(c2cc(N3CCCCC3)ncn2)CC1. The normalized spacial score (nSPS) is 18.8. The lowest BCUT2D eigenvalue weighted by Crippen LogP contribution is -2.50. The summed E-state index contributed by atoms with van der Waals surface area (Å²) in [7, 11) is 0. The molecule has 2 fully saturated rings. The molecule has 1 aromatic rings. The molecule has 0 saturated carbocycles. The third kappa shape index (κ3) is 4.22. The molecule has 0 N–H and O–H groups in total. The summed E-state index contributed by atoms with van der Waals surface area (Å²) in [6.07, 6.45) is 7.36. The molecule has 2 saturated heterocycles. The molecule has 1 amide bonds.